The van der Waals surface area contributed by atoms with Gasteiger partial charge >= 0.3 is 11.9 Å². The minimum Gasteiger partial charge on any atom is -0.461 e. The van der Waals surface area contributed by atoms with Crippen molar-refractivity contribution in [1.29, 1.82) is 0 Å². The molecule has 0 fully saturated rings. The number of cyclic esters (lactones) is 1. The molecule has 38 heavy (non-hydrogen) atoms. The zero-order chi connectivity index (χ0) is 27.7. The molecule has 0 aromatic rings. The van der Waals surface area contributed by atoms with Crippen LogP contribution in [0.3, 0.4) is 0 Å². The first-order chi connectivity index (χ1) is 18.5. The third-order valence-corrected chi connectivity index (χ3v) is 4.12. The van der Waals surface area contributed by atoms with E-state index in [1.165, 1.54) is 12.2 Å². The molecule has 0 aromatic carbocycles. The van der Waals surface area contributed by atoms with Crippen LogP contribution in [0.4, 0.5) is 0 Å². The second-order valence-corrected chi connectivity index (χ2v) is 7.04. The Morgan fingerprint density at radius 2 is 1.53 bits per heavy atom. The molecule has 1 aliphatic heterocycles. The van der Waals surface area contributed by atoms with Crippen LogP contribution in [0.15, 0.2) is 12.2 Å². The summed E-state index contributed by atoms with van der Waals surface area (Å²) in [5.74, 6) is 36.2. The number of carbonyl (C=O) groups is 2. The van der Waals surface area contributed by atoms with Gasteiger partial charge in [-0.15, -0.1) is 10.8 Å². The van der Waals surface area contributed by atoms with Crippen LogP contribution in [0.2, 0.25) is 0 Å². The summed E-state index contributed by atoms with van der Waals surface area (Å²) in [4.78, 5) is 24.1. The average Bonchev–Trinajstić information content (AvgIpc) is 2.90. The summed E-state index contributed by atoms with van der Waals surface area (Å²) in [6.45, 7) is -0.892. The smallest absolute Gasteiger partial charge is 0.325 e. The predicted octanol–water partition coefficient (Wildman–Crippen LogP) is -0.164. The highest BCUT2D eigenvalue weighted by Gasteiger charge is 2.35. The molecule has 0 spiro atoms. The molecule has 0 radical (unpaired) electrons. The summed E-state index contributed by atoms with van der Waals surface area (Å²) in [5.41, 5.74) is -1.88. The Balaban J connectivity index is 2.54. The van der Waals surface area contributed by atoms with Gasteiger partial charge in [-0.2, -0.15) is 0 Å². The number of hydrogen-bond donors (Lipinski definition) is 2. The molecule has 186 valence electrons. The summed E-state index contributed by atoms with van der Waals surface area (Å²) in [5, 5.41) is 21.3. The van der Waals surface area contributed by atoms with Crippen molar-refractivity contribution in [3.05, 3.63) is 12.2 Å². The lowest BCUT2D eigenvalue weighted by Crippen LogP contribution is -2.44. The quantitative estimate of drug-likeness (QED) is 0.125. The molecular weight excluding hydrogens is 512 g/mol. The highest BCUT2D eigenvalue weighted by Crippen LogP contribution is 2.20. The molecule has 0 bridgehead atoms. The van der Waals surface area contributed by atoms with Gasteiger partial charge in [-0.1, -0.05) is 17.2 Å². The summed E-state index contributed by atoms with van der Waals surface area (Å²) in [6, 6.07) is 0. The van der Waals surface area contributed by atoms with E-state index in [2.05, 4.69) is 115 Å². The third-order valence-electron chi connectivity index (χ3n) is 3.42. The van der Waals surface area contributed by atoms with Crippen LogP contribution in [0, 0.1) is 107 Å². The third kappa shape index (κ3) is 15.7. The van der Waals surface area contributed by atoms with Crippen molar-refractivity contribution in [3.8, 4) is 107 Å². The Morgan fingerprint density at radius 1 is 0.974 bits per heavy atom. The van der Waals surface area contributed by atoms with E-state index >= 15 is 0 Å². The van der Waals surface area contributed by atoms with E-state index in [1.807, 2.05) is 0 Å². The van der Waals surface area contributed by atoms with Gasteiger partial charge in [-0.05, 0) is 47.4 Å². The van der Waals surface area contributed by atoms with Gasteiger partial charge in [0.25, 0.3) is 0 Å². The van der Waals surface area contributed by atoms with E-state index < -0.39 is 35.8 Å². The highest BCUT2D eigenvalue weighted by atomic mass is 32.2. The number of hydrogen-bond acceptors (Lipinski definition) is 10. The van der Waals surface area contributed by atoms with Crippen molar-refractivity contribution in [2.45, 2.75) is 17.3 Å². The molecule has 0 aliphatic carbocycles. The van der Waals surface area contributed by atoms with Gasteiger partial charge in [-0.25, -0.2) is 5.26 Å². The topological polar surface area (TPSA) is 121 Å². The van der Waals surface area contributed by atoms with E-state index in [0.29, 0.717) is 12.0 Å². The van der Waals surface area contributed by atoms with E-state index in [9.17, 15) is 14.7 Å². The first kappa shape index (κ1) is 30.9. The van der Waals surface area contributed by atoms with Crippen LogP contribution < -0.4 is 0 Å². The maximum absolute atomic E-state index is 12.1. The molecule has 0 aromatic heterocycles. The average molecular weight is 526 g/mol. The Hall–Kier alpha value is -5.13. The Kier molecular flexibility index (Phi) is 16.3. The lowest BCUT2D eigenvalue weighted by molar-refractivity contribution is -0.432. The fourth-order valence-corrected chi connectivity index (χ4v) is 2.43. The Labute approximate surface area is 224 Å². The monoisotopic (exact) mass is 526 g/mol. The minimum absolute atomic E-state index is 0.0165. The van der Waals surface area contributed by atoms with Crippen LogP contribution in [0.5, 0.6) is 0 Å². The molecule has 2 unspecified atom stereocenters. The lowest BCUT2D eigenvalue weighted by atomic mass is 10.0. The number of terminal acetylenes is 1. The SMILES string of the molecule is C#CC#CC#CC#CC#CC#CC#CC#CC#COC(=O)CC1(O)COC/C=C\C(SOOO)C(=O)OC1. The molecule has 10 heteroatoms. The molecule has 1 aliphatic rings. The van der Waals surface area contributed by atoms with Gasteiger partial charge in [0.1, 0.15) is 23.6 Å². The van der Waals surface area contributed by atoms with Crippen LogP contribution >= 0.6 is 12.0 Å². The van der Waals surface area contributed by atoms with E-state index in [1.54, 1.807) is 0 Å². The van der Waals surface area contributed by atoms with E-state index in [0.717, 1.165) is 0 Å². The summed E-state index contributed by atoms with van der Waals surface area (Å²) in [7, 11) is 0. The largest absolute Gasteiger partial charge is 0.461 e. The van der Waals surface area contributed by atoms with Crippen molar-refractivity contribution in [3.63, 3.8) is 0 Å². The number of ether oxygens (including phenoxy) is 3. The van der Waals surface area contributed by atoms with E-state index in [-0.39, 0.29) is 13.2 Å². The zero-order valence-electron chi connectivity index (χ0n) is 19.3. The molecule has 9 nitrogen and oxygen atoms in total. The normalized spacial score (nSPS) is 17.5. The molecule has 0 amide bonds. The molecular formula is C28H14O9S. The van der Waals surface area contributed by atoms with Crippen LogP contribution in [0.25, 0.3) is 0 Å². The fourth-order valence-electron chi connectivity index (χ4n) is 1.99. The molecule has 1 rings (SSSR count). The number of aliphatic hydroxyl groups is 1. The van der Waals surface area contributed by atoms with Gasteiger partial charge < -0.3 is 19.3 Å². The van der Waals surface area contributed by atoms with E-state index in [4.69, 9.17) is 21.2 Å². The second kappa shape index (κ2) is 20.1. The molecule has 0 saturated heterocycles. The van der Waals surface area contributed by atoms with Crippen molar-refractivity contribution in [1.82, 2.24) is 0 Å². The number of rotatable bonds is 5. The van der Waals surface area contributed by atoms with Gasteiger partial charge in [-0.3, -0.25) is 9.59 Å². The van der Waals surface area contributed by atoms with Gasteiger partial charge in [0, 0.05) is 47.4 Å². The standard InChI is InChI=1S/C28H14O9S/c1-2-3-4-5-6-7-8-9-10-11-12-13-14-15-16-17-21-34-26(29)22-28(31)23-33-20-18-19-25(38-37-36-32)27(30)35-24-28/h1,18-19,25,31-32H,20,22-24H2/b19-18-. The highest BCUT2D eigenvalue weighted by molar-refractivity contribution is 7.96. The number of esters is 2. The first-order valence-electron chi connectivity index (χ1n) is 9.93. The van der Waals surface area contributed by atoms with Crippen LogP contribution in [-0.4, -0.2) is 53.0 Å². The van der Waals surface area contributed by atoms with Crippen molar-refractivity contribution >= 4 is 24.0 Å². The molecule has 2 N–H and O–H groups in total. The number of carbonyl (C=O) groups excluding carboxylic acids is 2. The second-order valence-electron chi connectivity index (χ2n) is 6.21. The fraction of sp³-hybridized carbons (Fsp3) is 0.214. The summed E-state index contributed by atoms with van der Waals surface area (Å²) in [6.07, 6.45) is 9.24. The summed E-state index contributed by atoms with van der Waals surface area (Å²) >= 11 is 0.454. The Morgan fingerprint density at radius 3 is 2.08 bits per heavy atom. The first-order valence-corrected chi connectivity index (χ1v) is 10.7. The van der Waals surface area contributed by atoms with Crippen LogP contribution in [-0.2, 0) is 33.2 Å². The molecule has 2 atom stereocenters. The zero-order valence-corrected chi connectivity index (χ0v) is 20.1. The molecule has 0 saturated carbocycles. The molecule has 1 heterocycles. The van der Waals surface area contributed by atoms with Gasteiger partial charge in [0.05, 0.1) is 31.7 Å². The van der Waals surface area contributed by atoms with Gasteiger partial charge in [0.2, 0.25) is 0 Å². The maximum atomic E-state index is 12.1. The summed E-state index contributed by atoms with van der Waals surface area (Å²) < 4.78 is 19.2. The Bertz CT molecular complexity index is 1460. The van der Waals surface area contributed by atoms with Crippen LogP contribution in [0.1, 0.15) is 6.42 Å². The van der Waals surface area contributed by atoms with Crippen molar-refractivity contribution < 1.29 is 43.5 Å². The van der Waals surface area contributed by atoms with Crippen molar-refractivity contribution in [2.24, 2.45) is 0 Å². The lowest BCUT2D eigenvalue weighted by Gasteiger charge is -2.27. The predicted molar refractivity (Wildman–Crippen MR) is 134 cm³/mol. The van der Waals surface area contributed by atoms with Gasteiger partial charge in [0.15, 0.2) is 0 Å². The van der Waals surface area contributed by atoms with Crippen molar-refractivity contribution in [2.75, 3.05) is 19.8 Å². The minimum atomic E-state index is -1.88. The maximum Gasteiger partial charge on any atom is 0.325 e.